The van der Waals surface area contributed by atoms with Gasteiger partial charge in [-0.2, -0.15) is 0 Å². The molecule has 1 atom stereocenters. The number of pyridine rings is 1. The number of nitrogens with two attached hydrogens (primary N) is 1. The van der Waals surface area contributed by atoms with Gasteiger partial charge >= 0.3 is 0 Å². The van der Waals surface area contributed by atoms with Crippen LogP contribution in [0.15, 0.2) is 30.5 Å². The Labute approximate surface area is 123 Å². The summed E-state index contributed by atoms with van der Waals surface area (Å²) in [4.78, 5) is 20.7. The van der Waals surface area contributed by atoms with Crippen molar-refractivity contribution in [1.29, 1.82) is 0 Å². The molecule has 2 aliphatic rings. The first-order valence-corrected chi connectivity index (χ1v) is 7.41. The quantitative estimate of drug-likeness (QED) is 0.808. The molecule has 1 aromatic carbocycles. The average Bonchev–Trinajstić information content (AvgIpc) is 2.88. The molecule has 2 saturated heterocycles. The molecule has 5 heteroatoms. The summed E-state index contributed by atoms with van der Waals surface area (Å²) in [5.41, 5.74) is 6.84. The molecule has 0 bridgehead atoms. The molecule has 0 saturated carbocycles. The molecule has 1 unspecified atom stereocenters. The minimum atomic E-state index is 0.301. The highest BCUT2D eigenvalue weighted by Gasteiger charge is 2.36. The Morgan fingerprint density at radius 3 is 3.00 bits per heavy atom. The first-order valence-electron chi connectivity index (χ1n) is 7.41. The minimum Gasteiger partial charge on any atom is -0.398 e. The van der Waals surface area contributed by atoms with Gasteiger partial charge in [-0.05, 0) is 18.6 Å². The van der Waals surface area contributed by atoms with E-state index < -0.39 is 0 Å². The molecule has 4 rings (SSSR count). The zero-order valence-corrected chi connectivity index (χ0v) is 11.8. The molecule has 2 fully saturated rings. The van der Waals surface area contributed by atoms with Crippen LogP contribution in [0.1, 0.15) is 12.8 Å². The summed E-state index contributed by atoms with van der Waals surface area (Å²) in [6.45, 7) is 2.50. The molecule has 1 amide bonds. The fraction of sp³-hybridized carbons (Fsp3) is 0.375. The third-order valence-electron chi connectivity index (χ3n) is 4.61. The standard InChI is InChI=1S/C16H18N4O/c17-14-3-1-2-13-12(14)6-7-18-16(13)19-8-9-20-11(10-19)4-5-15(20)21/h1-3,6-7,11H,4-5,8-10,17H2. The second-order valence-corrected chi connectivity index (χ2v) is 5.80. The predicted molar refractivity (Wildman–Crippen MR) is 83.1 cm³/mol. The number of rotatable bonds is 1. The summed E-state index contributed by atoms with van der Waals surface area (Å²) in [6.07, 6.45) is 3.47. The van der Waals surface area contributed by atoms with E-state index in [9.17, 15) is 4.79 Å². The van der Waals surface area contributed by atoms with Crippen molar-refractivity contribution < 1.29 is 4.79 Å². The molecule has 2 aliphatic heterocycles. The van der Waals surface area contributed by atoms with Crippen LogP contribution < -0.4 is 10.6 Å². The fourth-order valence-electron chi connectivity index (χ4n) is 3.52. The van der Waals surface area contributed by atoms with E-state index in [0.717, 1.165) is 48.3 Å². The molecular weight excluding hydrogens is 264 g/mol. The van der Waals surface area contributed by atoms with E-state index in [-0.39, 0.29) is 0 Å². The summed E-state index contributed by atoms with van der Waals surface area (Å²) < 4.78 is 0. The number of benzene rings is 1. The van der Waals surface area contributed by atoms with E-state index >= 15 is 0 Å². The van der Waals surface area contributed by atoms with Gasteiger partial charge in [0.1, 0.15) is 5.82 Å². The van der Waals surface area contributed by atoms with E-state index in [0.29, 0.717) is 18.4 Å². The highest BCUT2D eigenvalue weighted by molar-refractivity contribution is 5.99. The van der Waals surface area contributed by atoms with Gasteiger partial charge in [0.25, 0.3) is 0 Å². The number of anilines is 2. The van der Waals surface area contributed by atoms with Crippen LogP contribution in [0.5, 0.6) is 0 Å². The highest BCUT2D eigenvalue weighted by atomic mass is 16.2. The molecule has 108 valence electrons. The van der Waals surface area contributed by atoms with Crippen molar-refractivity contribution in [2.75, 3.05) is 30.3 Å². The second kappa shape index (κ2) is 4.62. The van der Waals surface area contributed by atoms with Crippen LogP contribution in [0, 0.1) is 0 Å². The Morgan fingerprint density at radius 1 is 1.19 bits per heavy atom. The predicted octanol–water partition coefficient (Wildman–Crippen LogP) is 1.63. The Kier molecular flexibility index (Phi) is 2.74. The number of piperazine rings is 1. The lowest BCUT2D eigenvalue weighted by atomic mass is 10.1. The van der Waals surface area contributed by atoms with Crippen LogP contribution in [0.3, 0.4) is 0 Å². The van der Waals surface area contributed by atoms with Gasteiger partial charge < -0.3 is 15.5 Å². The Bertz CT molecular complexity index is 714. The Morgan fingerprint density at radius 2 is 2.10 bits per heavy atom. The number of hydrogen-bond acceptors (Lipinski definition) is 4. The highest BCUT2D eigenvalue weighted by Crippen LogP contribution is 2.31. The fourth-order valence-corrected chi connectivity index (χ4v) is 3.52. The number of carbonyl (C=O) groups excluding carboxylic acids is 1. The maximum Gasteiger partial charge on any atom is 0.223 e. The average molecular weight is 282 g/mol. The summed E-state index contributed by atoms with van der Waals surface area (Å²) in [6, 6.07) is 8.26. The van der Waals surface area contributed by atoms with Crippen molar-refractivity contribution in [1.82, 2.24) is 9.88 Å². The van der Waals surface area contributed by atoms with E-state index in [1.807, 2.05) is 29.3 Å². The third kappa shape index (κ3) is 1.92. The third-order valence-corrected chi connectivity index (χ3v) is 4.61. The largest absolute Gasteiger partial charge is 0.398 e. The van der Waals surface area contributed by atoms with Gasteiger partial charge in [-0.25, -0.2) is 4.98 Å². The first-order chi connectivity index (χ1) is 10.2. The SMILES string of the molecule is Nc1cccc2c(N3CCN4C(=O)CCC4C3)nccc12. The summed E-state index contributed by atoms with van der Waals surface area (Å²) in [5.74, 6) is 1.29. The number of hydrogen-bond donors (Lipinski definition) is 1. The van der Waals surface area contributed by atoms with Gasteiger partial charge in [-0.1, -0.05) is 12.1 Å². The smallest absolute Gasteiger partial charge is 0.223 e. The van der Waals surface area contributed by atoms with Crippen molar-refractivity contribution >= 4 is 28.2 Å². The Hall–Kier alpha value is -2.30. The zero-order valence-electron chi connectivity index (χ0n) is 11.8. The molecule has 21 heavy (non-hydrogen) atoms. The van der Waals surface area contributed by atoms with Crippen LogP contribution in [-0.4, -0.2) is 41.5 Å². The molecule has 0 spiro atoms. The van der Waals surface area contributed by atoms with Crippen molar-refractivity contribution in [2.24, 2.45) is 0 Å². The van der Waals surface area contributed by atoms with E-state index in [1.54, 1.807) is 0 Å². The molecule has 0 radical (unpaired) electrons. The zero-order chi connectivity index (χ0) is 14.4. The maximum absolute atomic E-state index is 11.8. The van der Waals surface area contributed by atoms with E-state index in [4.69, 9.17) is 5.73 Å². The van der Waals surface area contributed by atoms with Crippen molar-refractivity contribution in [3.63, 3.8) is 0 Å². The lowest BCUT2D eigenvalue weighted by molar-refractivity contribution is -0.129. The van der Waals surface area contributed by atoms with Crippen LogP contribution in [0.25, 0.3) is 10.8 Å². The van der Waals surface area contributed by atoms with Gasteiger partial charge in [-0.15, -0.1) is 0 Å². The maximum atomic E-state index is 11.8. The van der Waals surface area contributed by atoms with Gasteiger partial charge in [-0.3, -0.25) is 4.79 Å². The second-order valence-electron chi connectivity index (χ2n) is 5.80. The van der Waals surface area contributed by atoms with Crippen LogP contribution >= 0.6 is 0 Å². The van der Waals surface area contributed by atoms with E-state index in [2.05, 4.69) is 16.0 Å². The van der Waals surface area contributed by atoms with Crippen LogP contribution in [0.4, 0.5) is 11.5 Å². The van der Waals surface area contributed by atoms with Gasteiger partial charge in [0.2, 0.25) is 5.91 Å². The minimum absolute atomic E-state index is 0.301. The van der Waals surface area contributed by atoms with Crippen molar-refractivity contribution in [2.45, 2.75) is 18.9 Å². The van der Waals surface area contributed by atoms with Crippen molar-refractivity contribution in [3.8, 4) is 0 Å². The number of nitrogens with zero attached hydrogens (tertiary/aromatic N) is 3. The molecular formula is C16H18N4O. The normalized spacial score (nSPS) is 21.9. The summed E-state index contributed by atoms with van der Waals surface area (Å²) >= 11 is 0. The number of amides is 1. The number of nitrogen functional groups attached to an aromatic ring is 1. The lowest BCUT2D eigenvalue weighted by Gasteiger charge is -2.38. The first kappa shape index (κ1) is 12.4. The van der Waals surface area contributed by atoms with Gasteiger partial charge in [0.15, 0.2) is 0 Å². The lowest BCUT2D eigenvalue weighted by Crippen LogP contribution is -2.51. The molecule has 2 N–H and O–H groups in total. The number of fused-ring (bicyclic) bond motifs is 2. The number of aromatic nitrogens is 1. The summed E-state index contributed by atoms with van der Waals surface area (Å²) in [7, 11) is 0. The van der Waals surface area contributed by atoms with Gasteiger partial charge in [0, 0.05) is 54.8 Å². The molecule has 5 nitrogen and oxygen atoms in total. The van der Waals surface area contributed by atoms with E-state index in [1.165, 1.54) is 0 Å². The Balaban J connectivity index is 1.71. The summed E-state index contributed by atoms with van der Waals surface area (Å²) in [5, 5.41) is 2.14. The topological polar surface area (TPSA) is 62.5 Å². The molecule has 2 aromatic rings. The van der Waals surface area contributed by atoms with Gasteiger partial charge in [0.05, 0.1) is 0 Å². The van der Waals surface area contributed by atoms with Crippen LogP contribution in [-0.2, 0) is 4.79 Å². The molecule has 1 aromatic heterocycles. The molecule has 3 heterocycles. The van der Waals surface area contributed by atoms with Crippen LogP contribution in [0.2, 0.25) is 0 Å². The number of carbonyl (C=O) groups is 1. The van der Waals surface area contributed by atoms with Crippen molar-refractivity contribution in [3.05, 3.63) is 30.5 Å². The molecule has 0 aliphatic carbocycles. The monoisotopic (exact) mass is 282 g/mol.